The summed E-state index contributed by atoms with van der Waals surface area (Å²) in [5.41, 5.74) is 10.3. The number of furan rings is 2. The number of fused-ring (bicyclic) bond motifs is 6. The lowest BCUT2D eigenvalue weighted by Crippen LogP contribution is -2.00. The van der Waals surface area contributed by atoms with Crippen LogP contribution in [0.2, 0.25) is 0 Å². The van der Waals surface area contributed by atoms with E-state index in [1.54, 1.807) is 0 Å². The minimum atomic E-state index is 0.581. The third-order valence-corrected chi connectivity index (χ3v) is 9.35. The van der Waals surface area contributed by atoms with Crippen molar-refractivity contribution in [2.75, 3.05) is 0 Å². The highest BCUT2D eigenvalue weighted by atomic mass is 16.3. The van der Waals surface area contributed by atoms with Crippen LogP contribution in [-0.2, 0) is 0 Å². The second-order valence-electron chi connectivity index (χ2n) is 12.4. The van der Waals surface area contributed by atoms with Crippen molar-refractivity contribution in [2.24, 2.45) is 0 Å². The van der Waals surface area contributed by atoms with Gasteiger partial charge in [0.2, 0.25) is 0 Å². The number of hydrogen-bond acceptors (Lipinski definition) is 5. The highest BCUT2D eigenvalue weighted by molar-refractivity contribution is 6.14. The maximum absolute atomic E-state index is 6.44. The third kappa shape index (κ3) is 4.67. The van der Waals surface area contributed by atoms with Gasteiger partial charge in [0.15, 0.2) is 17.5 Å². The van der Waals surface area contributed by atoms with Gasteiger partial charge in [-0.1, -0.05) is 133 Å². The number of nitrogens with zero attached hydrogens (tertiary/aromatic N) is 3. The van der Waals surface area contributed by atoms with E-state index in [0.29, 0.717) is 17.5 Å². The van der Waals surface area contributed by atoms with Crippen LogP contribution in [0.5, 0.6) is 0 Å². The normalized spacial score (nSPS) is 11.6. The zero-order valence-corrected chi connectivity index (χ0v) is 26.7. The molecule has 0 N–H and O–H groups in total. The average molecular weight is 642 g/mol. The molecule has 0 unspecified atom stereocenters. The SMILES string of the molecule is c1ccc(-c2cccc(-c3nc(-c4ccccc4)nc(-c4cccc5oc6ccc(-c7cccc8c7oc7ccccc78)cc6c45)n3)c2)cc1. The van der Waals surface area contributed by atoms with Gasteiger partial charge in [-0.15, -0.1) is 0 Å². The second-order valence-corrected chi connectivity index (χ2v) is 12.4. The Bertz CT molecular complexity index is 2870. The first-order chi connectivity index (χ1) is 24.8. The molecule has 0 saturated heterocycles. The largest absolute Gasteiger partial charge is 0.456 e. The van der Waals surface area contributed by atoms with Crippen molar-refractivity contribution >= 4 is 43.9 Å². The van der Waals surface area contributed by atoms with Crippen molar-refractivity contribution in [2.45, 2.75) is 0 Å². The van der Waals surface area contributed by atoms with Gasteiger partial charge in [0.25, 0.3) is 0 Å². The van der Waals surface area contributed by atoms with Crippen LogP contribution in [0.15, 0.2) is 173 Å². The standard InChI is InChI=1S/C45H27N3O2/c1-3-12-28(13-4-1)30-16-9-17-32(26-30)44-46-43(29-14-5-2-6-15-29)47-45(48-44)36-21-11-23-40-41(36)37-27-31(24-25-39(37)49-40)33-19-10-20-35-34-18-7-8-22-38(34)50-42(33)35/h1-27H. The van der Waals surface area contributed by atoms with E-state index < -0.39 is 0 Å². The number of hydrogen-bond donors (Lipinski definition) is 0. The minimum absolute atomic E-state index is 0.581. The fourth-order valence-corrected chi connectivity index (χ4v) is 6.97. The van der Waals surface area contributed by atoms with Crippen LogP contribution in [0.4, 0.5) is 0 Å². The molecule has 3 heterocycles. The summed E-state index contributed by atoms with van der Waals surface area (Å²) in [5.74, 6) is 1.79. The number of para-hydroxylation sites is 2. The summed E-state index contributed by atoms with van der Waals surface area (Å²) >= 11 is 0. The van der Waals surface area contributed by atoms with Crippen molar-refractivity contribution in [3.05, 3.63) is 164 Å². The molecule has 5 nitrogen and oxygen atoms in total. The van der Waals surface area contributed by atoms with Crippen LogP contribution in [0.25, 0.3) is 100 Å². The molecule has 0 atom stereocenters. The first-order valence-electron chi connectivity index (χ1n) is 16.6. The van der Waals surface area contributed by atoms with Crippen LogP contribution in [0.3, 0.4) is 0 Å². The molecule has 3 aromatic heterocycles. The van der Waals surface area contributed by atoms with Crippen molar-refractivity contribution in [3.8, 4) is 56.4 Å². The summed E-state index contributed by atoms with van der Waals surface area (Å²) in [6.45, 7) is 0. The molecule has 0 saturated carbocycles. The highest BCUT2D eigenvalue weighted by Gasteiger charge is 2.19. The Morgan fingerprint density at radius 1 is 0.320 bits per heavy atom. The number of aromatic nitrogens is 3. The molecule has 0 fully saturated rings. The van der Waals surface area contributed by atoms with Gasteiger partial charge in [-0.05, 0) is 47.0 Å². The van der Waals surface area contributed by atoms with Gasteiger partial charge in [-0.3, -0.25) is 0 Å². The Kier molecular flexibility index (Phi) is 6.42. The molecule has 234 valence electrons. The maximum Gasteiger partial charge on any atom is 0.164 e. The van der Waals surface area contributed by atoms with Gasteiger partial charge < -0.3 is 8.83 Å². The summed E-state index contributed by atoms with van der Waals surface area (Å²) in [7, 11) is 0. The van der Waals surface area contributed by atoms with E-state index in [9.17, 15) is 0 Å². The number of rotatable bonds is 5. The van der Waals surface area contributed by atoms with Gasteiger partial charge in [-0.25, -0.2) is 15.0 Å². The van der Waals surface area contributed by atoms with Gasteiger partial charge in [0, 0.05) is 43.8 Å². The fourth-order valence-electron chi connectivity index (χ4n) is 6.97. The van der Waals surface area contributed by atoms with E-state index in [1.807, 2.05) is 72.8 Å². The Morgan fingerprint density at radius 2 is 0.920 bits per heavy atom. The molecule has 0 radical (unpaired) electrons. The van der Waals surface area contributed by atoms with Crippen LogP contribution < -0.4 is 0 Å². The van der Waals surface area contributed by atoms with Gasteiger partial charge in [-0.2, -0.15) is 0 Å². The smallest absolute Gasteiger partial charge is 0.164 e. The lowest BCUT2D eigenvalue weighted by Gasteiger charge is -2.10. The second kappa shape index (κ2) is 11.4. The Labute approximate surface area is 287 Å². The molecular formula is C45H27N3O2. The van der Waals surface area contributed by atoms with Crippen LogP contribution in [0.1, 0.15) is 0 Å². The molecule has 10 aromatic rings. The quantitative estimate of drug-likeness (QED) is 0.187. The predicted molar refractivity (Wildman–Crippen MR) is 202 cm³/mol. The minimum Gasteiger partial charge on any atom is -0.456 e. The predicted octanol–water partition coefficient (Wildman–Crippen LogP) is 12.0. The summed E-state index contributed by atoms with van der Waals surface area (Å²) in [4.78, 5) is 15.2. The van der Waals surface area contributed by atoms with E-state index >= 15 is 0 Å². The molecule has 0 aliphatic rings. The molecule has 50 heavy (non-hydrogen) atoms. The molecule has 0 bridgehead atoms. The zero-order chi connectivity index (χ0) is 33.0. The monoisotopic (exact) mass is 641 g/mol. The molecule has 0 spiro atoms. The first kappa shape index (κ1) is 28.2. The van der Waals surface area contributed by atoms with Crippen molar-refractivity contribution < 1.29 is 8.83 Å². The number of benzene rings is 7. The summed E-state index contributed by atoms with van der Waals surface area (Å²) in [6, 6.07) is 55.7. The van der Waals surface area contributed by atoms with E-state index in [1.165, 1.54) is 0 Å². The summed E-state index contributed by atoms with van der Waals surface area (Å²) in [5, 5.41) is 4.14. The van der Waals surface area contributed by atoms with E-state index in [4.69, 9.17) is 23.8 Å². The maximum atomic E-state index is 6.44. The Balaban J connectivity index is 1.18. The van der Waals surface area contributed by atoms with E-state index in [0.717, 1.165) is 82.8 Å². The molecule has 0 aliphatic heterocycles. The van der Waals surface area contributed by atoms with Gasteiger partial charge >= 0.3 is 0 Å². The van der Waals surface area contributed by atoms with Gasteiger partial charge in [0.1, 0.15) is 22.3 Å². The highest BCUT2D eigenvalue weighted by Crippen LogP contribution is 2.41. The van der Waals surface area contributed by atoms with Crippen LogP contribution in [-0.4, -0.2) is 15.0 Å². The Hall–Kier alpha value is -6.85. The molecule has 0 aliphatic carbocycles. The fraction of sp³-hybridized carbons (Fsp3) is 0. The molecular weight excluding hydrogens is 615 g/mol. The third-order valence-electron chi connectivity index (χ3n) is 9.35. The molecule has 10 rings (SSSR count). The Morgan fingerprint density at radius 3 is 1.78 bits per heavy atom. The van der Waals surface area contributed by atoms with Crippen LogP contribution in [0, 0.1) is 0 Å². The van der Waals surface area contributed by atoms with E-state index in [-0.39, 0.29) is 0 Å². The molecule has 7 aromatic carbocycles. The van der Waals surface area contributed by atoms with Crippen molar-refractivity contribution in [1.29, 1.82) is 0 Å². The topological polar surface area (TPSA) is 65.0 Å². The summed E-state index contributed by atoms with van der Waals surface area (Å²) < 4.78 is 12.8. The first-order valence-corrected chi connectivity index (χ1v) is 16.6. The molecule has 0 amide bonds. The zero-order valence-electron chi connectivity index (χ0n) is 26.7. The van der Waals surface area contributed by atoms with Crippen LogP contribution >= 0.6 is 0 Å². The lowest BCUT2D eigenvalue weighted by molar-refractivity contribution is 0.668. The average Bonchev–Trinajstić information content (AvgIpc) is 3.77. The van der Waals surface area contributed by atoms with Gasteiger partial charge in [0.05, 0.1) is 0 Å². The van der Waals surface area contributed by atoms with Crippen molar-refractivity contribution in [1.82, 2.24) is 15.0 Å². The van der Waals surface area contributed by atoms with Crippen molar-refractivity contribution in [3.63, 3.8) is 0 Å². The molecule has 5 heteroatoms. The van der Waals surface area contributed by atoms with E-state index in [2.05, 4.69) is 91.0 Å². The lowest BCUT2D eigenvalue weighted by atomic mass is 9.99. The summed E-state index contributed by atoms with van der Waals surface area (Å²) in [6.07, 6.45) is 0.